The van der Waals surface area contributed by atoms with Crippen LogP contribution in [0.5, 0.6) is 5.75 Å². The predicted molar refractivity (Wildman–Crippen MR) is 131 cm³/mol. The van der Waals surface area contributed by atoms with E-state index in [1.807, 2.05) is 30.3 Å². The van der Waals surface area contributed by atoms with Gasteiger partial charge in [0.25, 0.3) is 0 Å². The van der Waals surface area contributed by atoms with Crippen LogP contribution in [0.1, 0.15) is 65.7 Å². The number of allylic oxidation sites excluding steroid dienone is 2. The van der Waals surface area contributed by atoms with E-state index in [0.29, 0.717) is 18.8 Å². The lowest BCUT2D eigenvalue weighted by molar-refractivity contribution is -0.144. The van der Waals surface area contributed by atoms with Gasteiger partial charge in [-0.25, -0.2) is 0 Å². The fourth-order valence-electron chi connectivity index (χ4n) is 4.53. The number of ether oxygens (including phenoxy) is 1. The number of carbonyl (C=O) groups is 1. The Balaban J connectivity index is 2.03. The highest BCUT2D eigenvalue weighted by Crippen LogP contribution is 2.37. The lowest BCUT2D eigenvalue weighted by atomic mass is 9.74. The molecule has 1 aliphatic carbocycles. The minimum Gasteiger partial charge on any atom is -0.481 e. The summed E-state index contributed by atoms with van der Waals surface area (Å²) in [6.07, 6.45) is 8.76. The first-order valence-electron chi connectivity index (χ1n) is 12.0. The number of carboxylic acid groups (broad SMARTS) is 1. The number of carboxylic acids is 1. The number of benzene rings is 1. The first kappa shape index (κ1) is 26.6. The first-order valence-corrected chi connectivity index (χ1v) is 14.7. The molecule has 0 aromatic heterocycles. The Morgan fingerprint density at radius 1 is 1.25 bits per heavy atom. The fraction of sp³-hybridized carbons (Fsp3) is 0.654. The zero-order valence-electron chi connectivity index (χ0n) is 20.4. The molecule has 1 aromatic carbocycles. The molecule has 32 heavy (non-hydrogen) atoms. The molecule has 0 spiro atoms. The van der Waals surface area contributed by atoms with Crippen LogP contribution in [0, 0.1) is 17.3 Å². The lowest BCUT2D eigenvalue weighted by Gasteiger charge is -2.35. The Kier molecular flexibility index (Phi) is 9.99. The highest BCUT2D eigenvalue weighted by atomic mass is 28.3. The number of rotatable bonds is 11. The van der Waals surface area contributed by atoms with Crippen molar-refractivity contribution in [1.82, 2.24) is 0 Å². The number of para-hydroxylation sites is 1. The van der Waals surface area contributed by atoms with Crippen molar-refractivity contribution >= 4 is 15.0 Å². The first-order chi connectivity index (χ1) is 15.0. The maximum atomic E-state index is 11.1. The third kappa shape index (κ3) is 9.47. The van der Waals surface area contributed by atoms with Gasteiger partial charge >= 0.3 is 5.97 Å². The molecule has 1 saturated carbocycles. The molecule has 0 saturated heterocycles. The molecule has 2 N–H and O–H groups in total. The largest absolute Gasteiger partial charge is 0.481 e. The van der Waals surface area contributed by atoms with Gasteiger partial charge in [-0.3, -0.25) is 4.79 Å². The van der Waals surface area contributed by atoms with E-state index in [9.17, 15) is 9.90 Å². The standard InChI is InChI=1S/C26H42O5Si/c1-25(2,3)21(14-13-20-10-9-17-26(29,18-20)19-23(27)28)15-16-24(31-32(4)5)30-22-11-7-6-8-12-22/h6-8,11-14,20-21,24,29,32H,9-10,15-19H2,1-5H3,(H,27,28). The number of aliphatic hydroxyl groups is 1. The van der Waals surface area contributed by atoms with Crippen molar-refractivity contribution in [2.45, 2.75) is 90.7 Å². The summed E-state index contributed by atoms with van der Waals surface area (Å²) in [6, 6.07) is 9.83. The molecule has 4 unspecified atom stereocenters. The minimum atomic E-state index is -1.26. The summed E-state index contributed by atoms with van der Waals surface area (Å²) < 4.78 is 12.3. The Morgan fingerprint density at radius 2 is 1.94 bits per heavy atom. The van der Waals surface area contributed by atoms with Crippen molar-refractivity contribution in [3.8, 4) is 5.75 Å². The van der Waals surface area contributed by atoms with Crippen LogP contribution in [0.2, 0.25) is 13.1 Å². The molecule has 2 rings (SSSR count). The number of hydrogen-bond acceptors (Lipinski definition) is 4. The van der Waals surface area contributed by atoms with E-state index < -0.39 is 20.6 Å². The molecule has 6 heteroatoms. The normalized spacial score (nSPS) is 23.9. The van der Waals surface area contributed by atoms with Crippen molar-refractivity contribution in [3.63, 3.8) is 0 Å². The van der Waals surface area contributed by atoms with E-state index in [2.05, 4.69) is 46.0 Å². The summed E-state index contributed by atoms with van der Waals surface area (Å²) >= 11 is 0. The minimum absolute atomic E-state index is 0.0785. The highest BCUT2D eigenvalue weighted by molar-refractivity contribution is 6.48. The molecule has 0 amide bonds. The van der Waals surface area contributed by atoms with Crippen LogP contribution in [0.4, 0.5) is 0 Å². The van der Waals surface area contributed by atoms with E-state index in [0.717, 1.165) is 31.4 Å². The van der Waals surface area contributed by atoms with Crippen LogP contribution in [-0.4, -0.2) is 37.1 Å². The van der Waals surface area contributed by atoms with Crippen molar-refractivity contribution in [3.05, 3.63) is 42.5 Å². The zero-order valence-corrected chi connectivity index (χ0v) is 21.6. The van der Waals surface area contributed by atoms with Crippen molar-refractivity contribution in [1.29, 1.82) is 0 Å². The molecule has 1 aromatic rings. The molecule has 1 fully saturated rings. The molecule has 4 atom stereocenters. The van der Waals surface area contributed by atoms with Crippen molar-refractivity contribution in [2.75, 3.05) is 0 Å². The Morgan fingerprint density at radius 3 is 2.53 bits per heavy atom. The molecule has 0 bridgehead atoms. The van der Waals surface area contributed by atoms with Crippen LogP contribution in [0.3, 0.4) is 0 Å². The van der Waals surface area contributed by atoms with Crippen LogP contribution >= 0.6 is 0 Å². The molecule has 1 aliphatic rings. The topological polar surface area (TPSA) is 76.0 Å². The van der Waals surface area contributed by atoms with Gasteiger partial charge in [0.2, 0.25) is 0 Å². The van der Waals surface area contributed by atoms with Gasteiger partial charge in [0.15, 0.2) is 15.3 Å². The molecule has 0 aliphatic heterocycles. The summed E-state index contributed by atoms with van der Waals surface area (Å²) in [4.78, 5) is 11.1. The number of hydrogen-bond donors (Lipinski definition) is 2. The van der Waals surface area contributed by atoms with Crippen molar-refractivity contribution < 1.29 is 24.2 Å². The average Bonchev–Trinajstić information content (AvgIpc) is 2.66. The second-order valence-corrected chi connectivity index (χ2v) is 13.0. The van der Waals surface area contributed by atoms with Crippen molar-refractivity contribution in [2.24, 2.45) is 17.3 Å². The molecular formula is C26H42O5Si. The molecular weight excluding hydrogens is 420 g/mol. The fourth-order valence-corrected chi connectivity index (χ4v) is 5.32. The smallest absolute Gasteiger partial charge is 0.306 e. The second kappa shape index (κ2) is 12.0. The Labute approximate surface area is 195 Å². The van der Waals surface area contributed by atoms with E-state index in [1.165, 1.54) is 0 Å². The lowest BCUT2D eigenvalue weighted by Crippen LogP contribution is -2.37. The van der Waals surface area contributed by atoms with E-state index in [1.54, 1.807) is 0 Å². The van der Waals surface area contributed by atoms with Gasteiger partial charge in [-0.1, -0.05) is 51.1 Å². The average molecular weight is 463 g/mol. The summed E-state index contributed by atoms with van der Waals surface area (Å²) in [5.41, 5.74) is -1.00. The Hall–Kier alpha value is -1.63. The van der Waals surface area contributed by atoms with Gasteiger partial charge in [-0.2, -0.15) is 0 Å². The quantitative estimate of drug-likeness (QED) is 0.247. The monoisotopic (exact) mass is 462 g/mol. The summed E-state index contributed by atoms with van der Waals surface area (Å²) in [7, 11) is -1.26. The second-order valence-electron chi connectivity index (χ2n) is 10.6. The molecule has 5 nitrogen and oxygen atoms in total. The predicted octanol–water partition coefficient (Wildman–Crippen LogP) is 5.79. The van der Waals surface area contributed by atoms with Gasteiger partial charge in [0.05, 0.1) is 12.0 Å². The molecule has 0 radical (unpaired) electrons. The van der Waals surface area contributed by atoms with Gasteiger partial charge in [-0.15, -0.1) is 0 Å². The Bertz CT molecular complexity index is 727. The van der Waals surface area contributed by atoms with Crippen LogP contribution in [-0.2, 0) is 9.22 Å². The van der Waals surface area contributed by atoms with Gasteiger partial charge in [-0.05, 0) is 74.6 Å². The van der Waals surface area contributed by atoms with Gasteiger partial charge in [0, 0.05) is 6.42 Å². The van der Waals surface area contributed by atoms with E-state index >= 15 is 0 Å². The molecule has 0 heterocycles. The number of aliphatic carboxylic acids is 1. The maximum absolute atomic E-state index is 11.1. The third-order valence-corrected chi connectivity index (χ3v) is 7.06. The zero-order chi connectivity index (χ0) is 23.8. The maximum Gasteiger partial charge on any atom is 0.306 e. The van der Waals surface area contributed by atoms with E-state index in [4.69, 9.17) is 14.3 Å². The van der Waals surface area contributed by atoms with Gasteiger partial charge < -0.3 is 19.4 Å². The van der Waals surface area contributed by atoms with Crippen LogP contribution < -0.4 is 4.74 Å². The highest BCUT2D eigenvalue weighted by Gasteiger charge is 2.35. The SMILES string of the molecule is C[SiH](C)OC(CCC(C=CC1CCCC(O)(CC(=O)O)C1)C(C)(C)C)Oc1ccccc1. The summed E-state index contributed by atoms with van der Waals surface area (Å²) in [6.45, 7) is 11.0. The van der Waals surface area contributed by atoms with Crippen LogP contribution in [0.25, 0.3) is 0 Å². The third-order valence-electron chi connectivity index (χ3n) is 6.22. The summed E-state index contributed by atoms with van der Waals surface area (Å²) in [5, 5.41) is 19.8. The molecule has 180 valence electrons. The van der Waals surface area contributed by atoms with E-state index in [-0.39, 0.29) is 24.0 Å². The van der Waals surface area contributed by atoms with Gasteiger partial charge in [0.1, 0.15) is 5.75 Å². The summed E-state index contributed by atoms with van der Waals surface area (Å²) in [5.74, 6) is 0.447. The van der Waals surface area contributed by atoms with Crippen LogP contribution in [0.15, 0.2) is 42.5 Å².